The molecule has 1 atom stereocenters. The summed E-state index contributed by atoms with van der Waals surface area (Å²) < 4.78 is 16.2. The molecular formula is C16H30O4. The molecule has 0 N–H and O–H groups in total. The molecule has 0 aromatic rings. The number of carbonyl (C=O) groups is 1. The third kappa shape index (κ3) is 7.85. The molecule has 1 aliphatic heterocycles. The second-order valence-electron chi connectivity index (χ2n) is 5.92. The number of unbranched alkanes of at least 4 members (excludes halogenated alkanes) is 5. The molecule has 0 radical (unpaired) electrons. The molecule has 1 aliphatic rings. The summed E-state index contributed by atoms with van der Waals surface area (Å²) in [4.78, 5) is 11.1. The maximum absolute atomic E-state index is 11.1. The van der Waals surface area contributed by atoms with Crippen LogP contribution in [0.15, 0.2) is 0 Å². The lowest BCUT2D eigenvalue weighted by Crippen LogP contribution is -2.21. The third-order valence-corrected chi connectivity index (χ3v) is 3.53. The van der Waals surface area contributed by atoms with Crippen molar-refractivity contribution in [2.75, 3.05) is 13.2 Å². The standard InChI is InChI=1S/C16H30O4/c1-4-18-15(17)12-10-8-6-5-7-9-11-14-13-19-16(2,3)20-14/h14H,4-13H2,1-3H3/t14-/m0/s1. The van der Waals surface area contributed by atoms with Crippen molar-refractivity contribution in [3.8, 4) is 0 Å². The van der Waals surface area contributed by atoms with Crippen molar-refractivity contribution in [1.82, 2.24) is 0 Å². The van der Waals surface area contributed by atoms with Crippen LogP contribution in [0, 0.1) is 0 Å². The van der Waals surface area contributed by atoms with Gasteiger partial charge < -0.3 is 14.2 Å². The first-order valence-electron chi connectivity index (χ1n) is 8.01. The highest BCUT2D eigenvalue weighted by molar-refractivity contribution is 5.69. The predicted octanol–water partition coefficient (Wildman–Crippen LogP) is 3.82. The van der Waals surface area contributed by atoms with E-state index in [9.17, 15) is 4.79 Å². The topological polar surface area (TPSA) is 44.8 Å². The average molecular weight is 286 g/mol. The van der Waals surface area contributed by atoms with Gasteiger partial charge in [-0.05, 0) is 33.6 Å². The van der Waals surface area contributed by atoms with Gasteiger partial charge >= 0.3 is 5.97 Å². The van der Waals surface area contributed by atoms with Crippen LogP contribution in [0.3, 0.4) is 0 Å². The van der Waals surface area contributed by atoms with Crippen molar-refractivity contribution >= 4 is 5.97 Å². The van der Waals surface area contributed by atoms with Crippen molar-refractivity contribution in [3.05, 3.63) is 0 Å². The molecule has 0 spiro atoms. The first-order chi connectivity index (χ1) is 9.53. The van der Waals surface area contributed by atoms with Gasteiger partial charge in [-0.2, -0.15) is 0 Å². The molecule has 1 fully saturated rings. The van der Waals surface area contributed by atoms with E-state index in [1.165, 1.54) is 25.7 Å². The molecule has 0 aliphatic carbocycles. The van der Waals surface area contributed by atoms with Crippen molar-refractivity contribution in [2.24, 2.45) is 0 Å². The molecule has 0 amide bonds. The molecular weight excluding hydrogens is 256 g/mol. The van der Waals surface area contributed by atoms with Gasteiger partial charge in [-0.3, -0.25) is 4.79 Å². The van der Waals surface area contributed by atoms with Gasteiger partial charge in [0.2, 0.25) is 0 Å². The van der Waals surface area contributed by atoms with Crippen LogP contribution in [-0.2, 0) is 19.0 Å². The molecule has 0 aromatic carbocycles. The van der Waals surface area contributed by atoms with Crippen LogP contribution in [0.5, 0.6) is 0 Å². The van der Waals surface area contributed by atoms with Gasteiger partial charge in [0, 0.05) is 6.42 Å². The zero-order valence-corrected chi connectivity index (χ0v) is 13.3. The Labute approximate surface area is 123 Å². The third-order valence-electron chi connectivity index (χ3n) is 3.53. The Hall–Kier alpha value is -0.610. The SMILES string of the molecule is CCOC(=O)CCCCCCCC[C@H]1COC(C)(C)O1. The largest absolute Gasteiger partial charge is 0.466 e. The summed E-state index contributed by atoms with van der Waals surface area (Å²) in [5.41, 5.74) is 0. The monoisotopic (exact) mass is 286 g/mol. The molecule has 4 nitrogen and oxygen atoms in total. The van der Waals surface area contributed by atoms with Crippen LogP contribution in [-0.4, -0.2) is 31.1 Å². The molecule has 0 bridgehead atoms. The normalized spacial score (nSPS) is 21.1. The van der Waals surface area contributed by atoms with E-state index in [1.54, 1.807) is 0 Å². The number of carbonyl (C=O) groups excluding carboxylic acids is 1. The molecule has 0 aromatic heterocycles. The van der Waals surface area contributed by atoms with Gasteiger partial charge in [0.1, 0.15) is 0 Å². The van der Waals surface area contributed by atoms with Gasteiger partial charge in [-0.1, -0.05) is 32.1 Å². The molecule has 118 valence electrons. The van der Waals surface area contributed by atoms with Crippen molar-refractivity contribution in [2.45, 2.75) is 84.0 Å². The Kier molecular flexibility index (Phi) is 8.15. The van der Waals surface area contributed by atoms with E-state index in [1.807, 2.05) is 20.8 Å². The highest BCUT2D eigenvalue weighted by atomic mass is 16.7. The summed E-state index contributed by atoms with van der Waals surface area (Å²) in [6.07, 6.45) is 8.87. The lowest BCUT2D eigenvalue weighted by Gasteiger charge is -2.16. The Morgan fingerprint density at radius 3 is 2.40 bits per heavy atom. The Balaban J connectivity index is 1.85. The maximum Gasteiger partial charge on any atom is 0.305 e. The van der Waals surface area contributed by atoms with E-state index in [0.717, 1.165) is 25.9 Å². The maximum atomic E-state index is 11.1. The van der Waals surface area contributed by atoms with E-state index < -0.39 is 5.79 Å². The lowest BCUT2D eigenvalue weighted by molar-refractivity contribution is -0.143. The van der Waals surface area contributed by atoms with Gasteiger partial charge in [-0.15, -0.1) is 0 Å². The van der Waals surface area contributed by atoms with Gasteiger partial charge in [0.05, 0.1) is 19.3 Å². The Bertz CT molecular complexity index is 276. The van der Waals surface area contributed by atoms with Gasteiger partial charge in [0.25, 0.3) is 0 Å². The molecule has 1 heterocycles. The van der Waals surface area contributed by atoms with E-state index in [0.29, 0.717) is 13.0 Å². The molecule has 0 unspecified atom stereocenters. The highest BCUT2D eigenvalue weighted by Gasteiger charge is 2.31. The van der Waals surface area contributed by atoms with E-state index in [-0.39, 0.29) is 12.1 Å². The van der Waals surface area contributed by atoms with Crippen molar-refractivity contribution in [3.63, 3.8) is 0 Å². The summed E-state index contributed by atoms with van der Waals surface area (Å²) in [5, 5.41) is 0. The minimum atomic E-state index is -0.391. The number of ether oxygens (including phenoxy) is 3. The molecule has 1 rings (SSSR count). The fourth-order valence-corrected chi connectivity index (χ4v) is 2.49. The zero-order valence-electron chi connectivity index (χ0n) is 13.3. The number of esters is 1. The van der Waals surface area contributed by atoms with Crippen LogP contribution in [0.1, 0.15) is 72.1 Å². The van der Waals surface area contributed by atoms with Gasteiger partial charge in [-0.25, -0.2) is 0 Å². The second-order valence-corrected chi connectivity index (χ2v) is 5.92. The Morgan fingerprint density at radius 2 is 1.80 bits per heavy atom. The molecule has 4 heteroatoms. The van der Waals surface area contributed by atoms with E-state index in [4.69, 9.17) is 14.2 Å². The smallest absolute Gasteiger partial charge is 0.305 e. The van der Waals surface area contributed by atoms with Crippen molar-refractivity contribution in [1.29, 1.82) is 0 Å². The van der Waals surface area contributed by atoms with E-state index in [2.05, 4.69) is 0 Å². The van der Waals surface area contributed by atoms with Gasteiger partial charge in [0.15, 0.2) is 5.79 Å². The molecule has 1 saturated heterocycles. The summed E-state index contributed by atoms with van der Waals surface area (Å²) in [5.74, 6) is -0.453. The van der Waals surface area contributed by atoms with Crippen LogP contribution >= 0.6 is 0 Å². The lowest BCUT2D eigenvalue weighted by atomic mass is 10.1. The number of hydrogen-bond donors (Lipinski definition) is 0. The second kappa shape index (κ2) is 9.35. The Morgan fingerprint density at radius 1 is 1.15 bits per heavy atom. The average Bonchev–Trinajstić information content (AvgIpc) is 2.72. The molecule has 20 heavy (non-hydrogen) atoms. The van der Waals surface area contributed by atoms with Crippen LogP contribution in [0.25, 0.3) is 0 Å². The first kappa shape index (κ1) is 17.4. The van der Waals surface area contributed by atoms with Crippen LogP contribution in [0.2, 0.25) is 0 Å². The minimum Gasteiger partial charge on any atom is -0.466 e. The van der Waals surface area contributed by atoms with Crippen molar-refractivity contribution < 1.29 is 19.0 Å². The minimum absolute atomic E-state index is 0.0616. The first-order valence-corrected chi connectivity index (χ1v) is 8.01. The summed E-state index contributed by atoms with van der Waals surface area (Å²) >= 11 is 0. The van der Waals surface area contributed by atoms with Crippen LogP contribution < -0.4 is 0 Å². The predicted molar refractivity (Wildman–Crippen MR) is 78.5 cm³/mol. The summed E-state index contributed by atoms with van der Waals surface area (Å²) in [6.45, 7) is 7.00. The number of hydrogen-bond acceptors (Lipinski definition) is 4. The van der Waals surface area contributed by atoms with Crippen LogP contribution in [0.4, 0.5) is 0 Å². The fraction of sp³-hybridized carbons (Fsp3) is 0.938. The quantitative estimate of drug-likeness (QED) is 0.452. The number of rotatable bonds is 10. The summed E-state index contributed by atoms with van der Waals surface area (Å²) in [7, 11) is 0. The van der Waals surface area contributed by atoms with E-state index >= 15 is 0 Å². The molecule has 0 saturated carbocycles. The zero-order chi connectivity index (χ0) is 14.8. The highest BCUT2D eigenvalue weighted by Crippen LogP contribution is 2.25. The fourth-order valence-electron chi connectivity index (χ4n) is 2.49. The summed E-state index contributed by atoms with van der Waals surface area (Å²) in [6, 6.07) is 0.